The van der Waals surface area contributed by atoms with Gasteiger partial charge in [0.2, 0.25) is 0 Å². The molecule has 0 bridgehead atoms. The topological polar surface area (TPSA) is 132 Å². The van der Waals surface area contributed by atoms with Crippen molar-refractivity contribution in [1.29, 1.82) is 0 Å². The molecule has 0 aliphatic heterocycles. The summed E-state index contributed by atoms with van der Waals surface area (Å²) in [6.45, 7) is 2.13. The summed E-state index contributed by atoms with van der Waals surface area (Å²) in [5.41, 5.74) is 5.92. The van der Waals surface area contributed by atoms with Gasteiger partial charge in [-0.3, -0.25) is 4.79 Å². The van der Waals surface area contributed by atoms with Gasteiger partial charge in [0.25, 0.3) is 5.91 Å². The van der Waals surface area contributed by atoms with Crippen molar-refractivity contribution in [1.82, 2.24) is 5.32 Å². The summed E-state index contributed by atoms with van der Waals surface area (Å²) in [7, 11) is 3.23. The van der Waals surface area contributed by atoms with Gasteiger partial charge in [0.05, 0.1) is 17.2 Å². The molecular formula is C22H24ClN3O6. The molecule has 2 aromatic carbocycles. The van der Waals surface area contributed by atoms with Crippen molar-refractivity contribution < 1.29 is 28.9 Å². The second-order valence-electron chi connectivity index (χ2n) is 6.59. The van der Waals surface area contributed by atoms with Gasteiger partial charge in [-0.05, 0) is 49.5 Å². The first-order chi connectivity index (χ1) is 15.2. The molecule has 0 aliphatic rings. The lowest BCUT2D eigenvalue weighted by molar-refractivity contribution is 0.0696. The van der Waals surface area contributed by atoms with E-state index in [0.717, 1.165) is 0 Å². The van der Waals surface area contributed by atoms with Crippen molar-refractivity contribution in [2.75, 3.05) is 20.8 Å². The molecule has 10 heteroatoms. The highest BCUT2D eigenvalue weighted by Gasteiger charge is 2.15. The lowest BCUT2D eigenvalue weighted by Gasteiger charge is -2.16. The predicted octanol–water partition coefficient (Wildman–Crippen LogP) is 3.47. The molecule has 1 amide bonds. The molecule has 1 atom stereocenters. The van der Waals surface area contributed by atoms with Gasteiger partial charge in [0, 0.05) is 25.8 Å². The van der Waals surface area contributed by atoms with E-state index >= 15 is 0 Å². The molecule has 0 radical (unpaired) electrons. The van der Waals surface area contributed by atoms with E-state index in [1.165, 1.54) is 42.6 Å². The lowest BCUT2D eigenvalue weighted by Crippen LogP contribution is -2.18. The third kappa shape index (κ3) is 7.29. The fourth-order valence-electron chi connectivity index (χ4n) is 2.55. The molecule has 32 heavy (non-hydrogen) atoms. The van der Waals surface area contributed by atoms with E-state index in [1.807, 2.05) is 0 Å². The molecule has 1 unspecified atom stereocenters. The number of hydrogen-bond donors (Lipinski definition) is 3. The Hall–Kier alpha value is -3.56. The van der Waals surface area contributed by atoms with Gasteiger partial charge in [0.15, 0.2) is 0 Å². The molecule has 0 saturated carbocycles. The van der Waals surface area contributed by atoms with Crippen molar-refractivity contribution in [3.05, 3.63) is 64.8 Å². The van der Waals surface area contributed by atoms with Crippen LogP contribution in [0.3, 0.4) is 0 Å². The molecule has 0 saturated heterocycles. The maximum Gasteiger partial charge on any atom is 0.335 e. The summed E-state index contributed by atoms with van der Waals surface area (Å²) in [5, 5.41) is 11.9. The van der Waals surface area contributed by atoms with Crippen molar-refractivity contribution in [2.24, 2.45) is 10.7 Å². The molecular weight excluding hydrogens is 438 g/mol. The SMILES string of the molecule is CN/C=C\C(N)=NC(=O)c1cc(Oc2ccc(C(=O)O)cc2Cl)cc(OC(C)COC)c1. The van der Waals surface area contributed by atoms with Crippen LogP contribution in [0.5, 0.6) is 17.2 Å². The first-order valence-electron chi connectivity index (χ1n) is 9.47. The number of halogens is 1. The van der Waals surface area contributed by atoms with E-state index in [2.05, 4.69) is 10.3 Å². The monoisotopic (exact) mass is 461 g/mol. The van der Waals surface area contributed by atoms with Crippen molar-refractivity contribution in [3.8, 4) is 17.2 Å². The van der Waals surface area contributed by atoms with Crippen LogP contribution in [0.15, 0.2) is 53.7 Å². The maximum atomic E-state index is 12.6. The number of carbonyl (C=O) groups is 2. The fraction of sp³-hybridized carbons (Fsp3) is 0.227. The van der Waals surface area contributed by atoms with E-state index in [9.17, 15) is 9.59 Å². The second kappa shape index (κ2) is 11.7. The number of aromatic carboxylic acids is 1. The molecule has 0 fully saturated rings. The first-order valence-corrected chi connectivity index (χ1v) is 9.85. The van der Waals surface area contributed by atoms with E-state index in [-0.39, 0.29) is 39.6 Å². The number of nitrogens with one attached hydrogen (secondary N) is 1. The number of ether oxygens (including phenoxy) is 3. The number of carbonyl (C=O) groups excluding carboxylic acids is 1. The normalized spacial score (nSPS) is 12.4. The molecule has 0 aliphatic carbocycles. The number of benzene rings is 2. The maximum absolute atomic E-state index is 12.6. The van der Waals surface area contributed by atoms with Crippen molar-refractivity contribution >= 4 is 29.3 Å². The molecule has 2 rings (SSSR count). The van der Waals surface area contributed by atoms with Gasteiger partial charge >= 0.3 is 5.97 Å². The molecule has 0 aromatic heterocycles. The minimum Gasteiger partial charge on any atom is -0.488 e. The number of carboxylic acid groups (broad SMARTS) is 1. The molecule has 0 heterocycles. The fourth-order valence-corrected chi connectivity index (χ4v) is 2.77. The van der Waals surface area contributed by atoms with Gasteiger partial charge in [-0.25, -0.2) is 4.79 Å². The number of hydrogen-bond acceptors (Lipinski definition) is 6. The van der Waals surface area contributed by atoms with E-state index in [0.29, 0.717) is 12.4 Å². The highest BCUT2D eigenvalue weighted by molar-refractivity contribution is 6.32. The zero-order chi connectivity index (χ0) is 23.7. The standard InChI is InChI=1S/C22H24ClN3O6/c1-13(12-30-3)31-16-8-15(21(27)26-20(24)6-7-25-2)9-17(11-16)32-19-5-4-14(22(28)29)10-18(19)23/h4-11,13,25H,12H2,1-3H3,(H,28,29)(H2,24,26,27)/b7-6-. The summed E-state index contributed by atoms with van der Waals surface area (Å²) in [5.74, 6) is -0.926. The van der Waals surface area contributed by atoms with Crippen LogP contribution in [0.25, 0.3) is 0 Å². The van der Waals surface area contributed by atoms with Gasteiger partial charge in [-0.2, -0.15) is 4.99 Å². The van der Waals surface area contributed by atoms with E-state index < -0.39 is 11.9 Å². The summed E-state index contributed by atoms with van der Waals surface area (Å²) < 4.78 is 16.7. The van der Waals surface area contributed by atoms with Gasteiger partial charge in [-0.1, -0.05) is 11.6 Å². The van der Waals surface area contributed by atoms with Crippen LogP contribution < -0.4 is 20.5 Å². The molecule has 4 N–H and O–H groups in total. The Morgan fingerprint density at radius 2 is 1.94 bits per heavy atom. The van der Waals surface area contributed by atoms with Crippen molar-refractivity contribution in [2.45, 2.75) is 13.0 Å². The number of nitrogens with zero attached hydrogens (tertiary/aromatic N) is 1. The molecule has 9 nitrogen and oxygen atoms in total. The lowest BCUT2D eigenvalue weighted by atomic mass is 10.2. The van der Waals surface area contributed by atoms with Crippen LogP contribution in [-0.2, 0) is 4.74 Å². The third-order valence-corrected chi connectivity index (χ3v) is 4.22. The smallest absolute Gasteiger partial charge is 0.335 e. The van der Waals surface area contributed by atoms with Gasteiger partial charge in [-0.15, -0.1) is 0 Å². The largest absolute Gasteiger partial charge is 0.488 e. The third-order valence-electron chi connectivity index (χ3n) is 3.92. The minimum atomic E-state index is -1.11. The van der Waals surface area contributed by atoms with Crippen LogP contribution in [0.2, 0.25) is 5.02 Å². The predicted molar refractivity (Wildman–Crippen MR) is 121 cm³/mol. The highest BCUT2D eigenvalue weighted by Crippen LogP contribution is 2.33. The van der Waals surface area contributed by atoms with Crippen LogP contribution in [0.1, 0.15) is 27.6 Å². The Labute approximate surface area is 190 Å². The Morgan fingerprint density at radius 1 is 1.22 bits per heavy atom. The van der Waals surface area contributed by atoms with Crippen LogP contribution in [0, 0.1) is 0 Å². The zero-order valence-electron chi connectivity index (χ0n) is 17.8. The summed E-state index contributed by atoms with van der Waals surface area (Å²) in [6.07, 6.45) is 2.68. The number of rotatable bonds is 10. The average molecular weight is 462 g/mol. The summed E-state index contributed by atoms with van der Waals surface area (Å²) in [6, 6.07) is 8.58. The number of methoxy groups -OCH3 is 1. The highest BCUT2D eigenvalue weighted by atomic mass is 35.5. The quantitative estimate of drug-likeness (QED) is 0.362. The molecule has 2 aromatic rings. The first kappa shape index (κ1) is 24.7. The summed E-state index contributed by atoms with van der Waals surface area (Å²) >= 11 is 6.15. The van der Waals surface area contributed by atoms with Crippen LogP contribution >= 0.6 is 11.6 Å². The van der Waals surface area contributed by atoms with Crippen molar-refractivity contribution in [3.63, 3.8) is 0 Å². The Balaban J connectivity index is 2.40. The average Bonchev–Trinajstić information content (AvgIpc) is 2.73. The number of nitrogens with two attached hydrogens (primary N) is 1. The number of aliphatic imine (C=N–C) groups is 1. The Bertz CT molecular complexity index is 1040. The minimum absolute atomic E-state index is 0.0122. The Kier molecular flexibility index (Phi) is 9.06. The molecule has 170 valence electrons. The molecule has 0 spiro atoms. The zero-order valence-corrected chi connectivity index (χ0v) is 18.6. The number of amidine groups is 1. The Morgan fingerprint density at radius 3 is 2.56 bits per heavy atom. The van der Waals surface area contributed by atoms with E-state index in [4.69, 9.17) is 36.7 Å². The second-order valence-corrected chi connectivity index (χ2v) is 7.00. The van der Waals surface area contributed by atoms with Gasteiger partial charge < -0.3 is 30.4 Å². The van der Waals surface area contributed by atoms with Gasteiger partial charge in [0.1, 0.15) is 29.2 Å². The number of amides is 1. The number of carboxylic acids is 1. The summed E-state index contributed by atoms with van der Waals surface area (Å²) in [4.78, 5) is 27.6. The van der Waals surface area contributed by atoms with Crippen LogP contribution in [0.4, 0.5) is 0 Å². The van der Waals surface area contributed by atoms with Crippen LogP contribution in [-0.4, -0.2) is 49.7 Å². The van der Waals surface area contributed by atoms with E-state index in [1.54, 1.807) is 27.1 Å².